The summed E-state index contributed by atoms with van der Waals surface area (Å²) in [5, 5.41) is 3.09. The van der Waals surface area contributed by atoms with Crippen molar-refractivity contribution in [3.8, 4) is 0 Å². The van der Waals surface area contributed by atoms with E-state index in [9.17, 15) is 9.59 Å². The third-order valence-corrected chi connectivity index (χ3v) is 5.25. The second kappa shape index (κ2) is 8.85. The van der Waals surface area contributed by atoms with Gasteiger partial charge in [-0.15, -0.1) is 0 Å². The summed E-state index contributed by atoms with van der Waals surface area (Å²) >= 11 is 0. The Bertz CT molecular complexity index is 771. The maximum absolute atomic E-state index is 12.6. The zero-order chi connectivity index (χ0) is 19.2. The smallest absolute Gasteiger partial charge is 0.227 e. The summed E-state index contributed by atoms with van der Waals surface area (Å²) < 4.78 is 0. The Morgan fingerprint density at radius 3 is 2.48 bits per heavy atom. The number of anilines is 1. The number of carbonyl (C=O) groups excluding carboxylic acids is 2. The van der Waals surface area contributed by atoms with Crippen LogP contribution in [0, 0.1) is 5.92 Å². The molecule has 0 radical (unpaired) electrons. The van der Waals surface area contributed by atoms with Crippen molar-refractivity contribution in [1.82, 2.24) is 5.32 Å². The second-order valence-electron chi connectivity index (χ2n) is 7.36. The number of carbonyl (C=O) groups is 2. The van der Waals surface area contributed by atoms with Crippen molar-refractivity contribution in [2.75, 3.05) is 11.4 Å². The monoisotopic (exact) mass is 364 g/mol. The lowest BCUT2D eigenvalue weighted by Gasteiger charge is -2.19. The number of nitrogens with zero attached hydrogens (tertiary/aromatic N) is 1. The van der Waals surface area contributed by atoms with Crippen molar-refractivity contribution >= 4 is 17.5 Å². The Morgan fingerprint density at radius 2 is 1.81 bits per heavy atom. The van der Waals surface area contributed by atoms with E-state index >= 15 is 0 Å². The number of nitrogens with one attached hydrogen (secondary N) is 1. The first-order chi connectivity index (χ1) is 13.1. The topological polar surface area (TPSA) is 49.4 Å². The molecular formula is C23H28N2O2. The molecule has 0 unspecified atom stereocenters. The van der Waals surface area contributed by atoms with E-state index < -0.39 is 0 Å². The van der Waals surface area contributed by atoms with Gasteiger partial charge in [-0.1, -0.05) is 49.4 Å². The highest BCUT2D eigenvalue weighted by molar-refractivity contribution is 6.00. The number of aryl methyl sites for hydroxylation is 2. The van der Waals surface area contributed by atoms with Crippen LogP contribution < -0.4 is 10.2 Å². The first-order valence-electron chi connectivity index (χ1n) is 9.80. The van der Waals surface area contributed by atoms with E-state index in [0.29, 0.717) is 6.54 Å². The van der Waals surface area contributed by atoms with Crippen molar-refractivity contribution in [3.63, 3.8) is 0 Å². The zero-order valence-electron chi connectivity index (χ0n) is 16.2. The fourth-order valence-corrected chi connectivity index (χ4v) is 3.51. The number of hydrogen-bond donors (Lipinski definition) is 1. The van der Waals surface area contributed by atoms with Gasteiger partial charge in [0.25, 0.3) is 0 Å². The van der Waals surface area contributed by atoms with E-state index in [1.807, 2.05) is 49.4 Å². The molecule has 3 rings (SSSR count). The highest BCUT2D eigenvalue weighted by Crippen LogP contribution is 2.25. The van der Waals surface area contributed by atoms with E-state index in [0.717, 1.165) is 24.9 Å². The molecule has 0 saturated carbocycles. The fourth-order valence-electron chi connectivity index (χ4n) is 3.51. The minimum absolute atomic E-state index is 0.0170. The van der Waals surface area contributed by atoms with Crippen LogP contribution in [-0.4, -0.2) is 24.4 Å². The molecule has 1 saturated heterocycles. The average molecular weight is 364 g/mol. The van der Waals surface area contributed by atoms with Crippen LogP contribution in [0.1, 0.15) is 37.8 Å². The van der Waals surface area contributed by atoms with E-state index in [-0.39, 0.29) is 30.2 Å². The van der Waals surface area contributed by atoms with Gasteiger partial charge in [-0.3, -0.25) is 9.59 Å². The molecule has 27 heavy (non-hydrogen) atoms. The molecule has 2 aromatic rings. The van der Waals surface area contributed by atoms with Gasteiger partial charge in [0.1, 0.15) is 0 Å². The van der Waals surface area contributed by atoms with Gasteiger partial charge in [0.2, 0.25) is 11.8 Å². The molecule has 0 spiro atoms. The molecule has 2 amide bonds. The van der Waals surface area contributed by atoms with Crippen LogP contribution >= 0.6 is 0 Å². The van der Waals surface area contributed by atoms with Crippen LogP contribution in [0.15, 0.2) is 54.6 Å². The van der Waals surface area contributed by atoms with Crippen LogP contribution in [-0.2, 0) is 22.4 Å². The summed E-state index contributed by atoms with van der Waals surface area (Å²) in [5.41, 5.74) is 3.40. The van der Waals surface area contributed by atoms with Crippen LogP contribution in [0.2, 0.25) is 0 Å². The van der Waals surface area contributed by atoms with Gasteiger partial charge in [-0.2, -0.15) is 0 Å². The van der Waals surface area contributed by atoms with Crippen molar-refractivity contribution < 1.29 is 9.59 Å². The summed E-state index contributed by atoms with van der Waals surface area (Å²) in [7, 11) is 0. The highest BCUT2D eigenvalue weighted by Gasteiger charge is 2.35. The van der Waals surface area contributed by atoms with E-state index in [1.54, 1.807) is 4.90 Å². The van der Waals surface area contributed by atoms with Gasteiger partial charge >= 0.3 is 0 Å². The molecule has 2 atom stereocenters. The summed E-state index contributed by atoms with van der Waals surface area (Å²) in [5.74, 6) is -0.268. The summed E-state index contributed by atoms with van der Waals surface area (Å²) in [6.07, 6.45) is 3.08. The summed E-state index contributed by atoms with van der Waals surface area (Å²) in [6.45, 7) is 4.59. The molecule has 0 aliphatic carbocycles. The first-order valence-corrected chi connectivity index (χ1v) is 9.80. The number of rotatable bonds is 7. The normalized spacial score (nSPS) is 17.8. The third kappa shape index (κ3) is 4.97. The summed E-state index contributed by atoms with van der Waals surface area (Å²) in [6, 6.07) is 18.4. The first kappa shape index (κ1) is 19.2. The SMILES string of the molecule is CCc1ccc(N2C[C@H](C(=O)N[C@H](C)CCc3ccccc3)CC2=O)cc1. The van der Waals surface area contributed by atoms with Crippen LogP contribution in [0.3, 0.4) is 0 Å². The van der Waals surface area contributed by atoms with Crippen molar-refractivity contribution in [3.05, 3.63) is 65.7 Å². The summed E-state index contributed by atoms with van der Waals surface area (Å²) in [4.78, 5) is 26.7. The quantitative estimate of drug-likeness (QED) is 0.814. The van der Waals surface area contributed by atoms with Crippen LogP contribution in [0.25, 0.3) is 0 Å². The van der Waals surface area contributed by atoms with Crippen molar-refractivity contribution in [1.29, 1.82) is 0 Å². The molecule has 1 aliphatic rings. The molecule has 2 aromatic carbocycles. The number of hydrogen-bond acceptors (Lipinski definition) is 2. The molecule has 1 aliphatic heterocycles. The standard InChI is InChI=1S/C23H28N2O2/c1-3-18-11-13-21(14-12-18)25-16-20(15-22(25)26)23(27)24-17(2)9-10-19-7-5-4-6-8-19/h4-8,11-14,17,20H,3,9-10,15-16H2,1-2H3,(H,24,27)/t17-,20-/m1/s1. The Balaban J connectivity index is 1.52. The molecule has 1 fully saturated rings. The zero-order valence-corrected chi connectivity index (χ0v) is 16.2. The van der Waals surface area contributed by atoms with E-state index in [2.05, 4.69) is 24.4 Å². The molecule has 1 heterocycles. The van der Waals surface area contributed by atoms with Gasteiger partial charge in [0, 0.05) is 24.7 Å². The maximum atomic E-state index is 12.6. The van der Waals surface area contributed by atoms with Crippen molar-refractivity contribution in [2.45, 2.75) is 45.6 Å². The molecule has 0 bridgehead atoms. The predicted octanol–water partition coefficient (Wildman–Crippen LogP) is 3.74. The fraction of sp³-hybridized carbons (Fsp3) is 0.391. The Kier molecular flexibility index (Phi) is 6.28. The average Bonchev–Trinajstić information content (AvgIpc) is 3.09. The number of amides is 2. The van der Waals surface area contributed by atoms with Crippen molar-refractivity contribution in [2.24, 2.45) is 5.92 Å². The largest absolute Gasteiger partial charge is 0.353 e. The van der Waals surface area contributed by atoms with Gasteiger partial charge in [-0.25, -0.2) is 0 Å². The lowest BCUT2D eigenvalue weighted by atomic mass is 10.0. The van der Waals surface area contributed by atoms with Gasteiger partial charge in [0.05, 0.1) is 5.92 Å². The van der Waals surface area contributed by atoms with Gasteiger partial charge < -0.3 is 10.2 Å². The minimum Gasteiger partial charge on any atom is -0.353 e. The van der Waals surface area contributed by atoms with Crippen LogP contribution in [0.4, 0.5) is 5.69 Å². The predicted molar refractivity (Wildman–Crippen MR) is 109 cm³/mol. The lowest BCUT2D eigenvalue weighted by Crippen LogP contribution is -2.38. The van der Waals surface area contributed by atoms with E-state index in [4.69, 9.17) is 0 Å². The minimum atomic E-state index is -0.275. The molecule has 142 valence electrons. The molecular weight excluding hydrogens is 336 g/mol. The molecule has 0 aromatic heterocycles. The van der Waals surface area contributed by atoms with E-state index in [1.165, 1.54) is 11.1 Å². The Morgan fingerprint density at radius 1 is 1.11 bits per heavy atom. The van der Waals surface area contributed by atoms with Gasteiger partial charge in [-0.05, 0) is 49.4 Å². The molecule has 1 N–H and O–H groups in total. The highest BCUT2D eigenvalue weighted by atomic mass is 16.2. The molecule has 4 nitrogen and oxygen atoms in total. The van der Waals surface area contributed by atoms with Crippen LogP contribution in [0.5, 0.6) is 0 Å². The third-order valence-electron chi connectivity index (χ3n) is 5.25. The van der Waals surface area contributed by atoms with Gasteiger partial charge in [0.15, 0.2) is 0 Å². The molecule has 4 heteroatoms. The Hall–Kier alpha value is -2.62. The number of benzene rings is 2. The lowest BCUT2D eigenvalue weighted by molar-refractivity contribution is -0.126. The second-order valence-corrected chi connectivity index (χ2v) is 7.36. The maximum Gasteiger partial charge on any atom is 0.227 e. The Labute approximate surface area is 161 Å².